The first-order valence-corrected chi connectivity index (χ1v) is 10.8. The summed E-state index contributed by atoms with van der Waals surface area (Å²) in [6.07, 6.45) is 2.12. The van der Waals surface area contributed by atoms with Crippen LogP contribution in [0.15, 0.2) is 48.5 Å². The molecular weight excluding hydrogens is 360 g/mol. The van der Waals surface area contributed by atoms with Gasteiger partial charge in [-0.15, -0.1) is 0 Å². The molecule has 0 aliphatic carbocycles. The van der Waals surface area contributed by atoms with Crippen LogP contribution in [0.2, 0.25) is 0 Å². The van der Waals surface area contributed by atoms with Crippen molar-refractivity contribution in [3.63, 3.8) is 0 Å². The second-order valence-corrected chi connectivity index (χ2v) is 8.25. The van der Waals surface area contributed by atoms with Crippen molar-refractivity contribution >= 4 is 11.6 Å². The van der Waals surface area contributed by atoms with Gasteiger partial charge in [-0.3, -0.25) is 4.79 Å². The molecule has 4 rings (SSSR count). The first-order chi connectivity index (χ1) is 14.2. The molecule has 1 fully saturated rings. The molecule has 5 nitrogen and oxygen atoms in total. The predicted octanol–water partition coefficient (Wildman–Crippen LogP) is 2.62. The minimum Gasteiger partial charge on any atom is -0.367 e. The lowest BCUT2D eigenvalue weighted by Gasteiger charge is -2.32. The first kappa shape index (κ1) is 19.9. The highest BCUT2D eigenvalue weighted by Gasteiger charge is 2.18. The summed E-state index contributed by atoms with van der Waals surface area (Å²) in [7, 11) is 2.17. The Hall–Kier alpha value is -2.37. The summed E-state index contributed by atoms with van der Waals surface area (Å²) in [5.74, 6) is 0.0291. The van der Waals surface area contributed by atoms with Crippen LogP contribution in [0, 0.1) is 0 Å². The molecule has 1 N–H and O–H groups in total. The van der Waals surface area contributed by atoms with E-state index >= 15 is 0 Å². The molecule has 2 heterocycles. The van der Waals surface area contributed by atoms with Gasteiger partial charge in [-0.05, 0) is 55.8 Å². The van der Waals surface area contributed by atoms with Crippen molar-refractivity contribution in [1.82, 2.24) is 15.1 Å². The summed E-state index contributed by atoms with van der Waals surface area (Å²) >= 11 is 0. The molecule has 2 aliphatic rings. The maximum Gasteiger partial charge on any atom is 0.251 e. The average molecular weight is 393 g/mol. The van der Waals surface area contributed by atoms with E-state index < -0.39 is 0 Å². The molecule has 29 heavy (non-hydrogen) atoms. The summed E-state index contributed by atoms with van der Waals surface area (Å²) in [6.45, 7) is 8.30. The fourth-order valence-corrected chi connectivity index (χ4v) is 4.23. The summed E-state index contributed by atoms with van der Waals surface area (Å²) < 4.78 is 0. The molecule has 2 aromatic carbocycles. The molecule has 0 bridgehead atoms. The van der Waals surface area contributed by atoms with Crippen molar-refractivity contribution in [3.05, 3.63) is 65.2 Å². The van der Waals surface area contributed by atoms with Crippen LogP contribution in [0.25, 0.3) is 0 Å². The normalized spacial score (nSPS) is 17.3. The number of anilines is 1. The SMILES string of the molecule is CN1CCN(CCCNC(=O)c2ccc(CN3CCc4ccccc43)cc2)CC1. The van der Waals surface area contributed by atoms with Gasteiger partial charge in [0.15, 0.2) is 0 Å². The number of rotatable bonds is 7. The summed E-state index contributed by atoms with van der Waals surface area (Å²) in [5.41, 5.74) is 4.76. The molecule has 0 unspecified atom stereocenters. The number of carbonyl (C=O) groups excluding carboxylic acids is 1. The maximum absolute atomic E-state index is 12.4. The highest BCUT2D eigenvalue weighted by atomic mass is 16.1. The van der Waals surface area contributed by atoms with Gasteiger partial charge in [0.1, 0.15) is 0 Å². The number of amides is 1. The van der Waals surface area contributed by atoms with Gasteiger partial charge in [0.2, 0.25) is 0 Å². The fourth-order valence-electron chi connectivity index (χ4n) is 4.23. The topological polar surface area (TPSA) is 38.8 Å². The lowest BCUT2D eigenvalue weighted by atomic mass is 10.1. The zero-order valence-corrected chi connectivity index (χ0v) is 17.4. The van der Waals surface area contributed by atoms with Crippen LogP contribution in [0.4, 0.5) is 5.69 Å². The monoisotopic (exact) mass is 392 g/mol. The van der Waals surface area contributed by atoms with Crippen molar-refractivity contribution in [2.45, 2.75) is 19.4 Å². The summed E-state index contributed by atoms with van der Waals surface area (Å²) in [5, 5.41) is 3.07. The Bertz CT molecular complexity index is 812. The van der Waals surface area contributed by atoms with Crippen LogP contribution < -0.4 is 10.2 Å². The Labute approximate surface area is 174 Å². The van der Waals surface area contributed by atoms with Gasteiger partial charge in [0.05, 0.1) is 0 Å². The van der Waals surface area contributed by atoms with E-state index in [9.17, 15) is 4.79 Å². The number of nitrogens with one attached hydrogen (secondary N) is 1. The smallest absolute Gasteiger partial charge is 0.251 e. The van der Waals surface area contributed by atoms with Crippen LogP contribution in [-0.4, -0.2) is 68.6 Å². The number of likely N-dealkylation sites (N-methyl/N-ethyl adjacent to an activating group) is 1. The molecular formula is C24H32N4O. The molecule has 0 atom stereocenters. The van der Waals surface area contributed by atoms with Crippen LogP contribution in [0.1, 0.15) is 27.9 Å². The maximum atomic E-state index is 12.4. The van der Waals surface area contributed by atoms with Gasteiger partial charge in [-0.25, -0.2) is 0 Å². The van der Waals surface area contributed by atoms with E-state index in [1.807, 2.05) is 12.1 Å². The second kappa shape index (κ2) is 9.42. The van der Waals surface area contributed by atoms with E-state index in [1.54, 1.807) is 0 Å². The average Bonchev–Trinajstić information content (AvgIpc) is 3.16. The van der Waals surface area contributed by atoms with Crippen LogP contribution in [-0.2, 0) is 13.0 Å². The van der Waals surface area contributed by atoms with Crippen LogP contribution in [0.3, 0.4) is 0 Å². The molecule has 0 radical (unpaired) electrons. The third-order valence-corrected chi connectivity index (χ3v) is 6.11. The minimum atomic E-state index is 0.0291. The lowest BCUT2D eigenvalue weighted by Crippen LogP contribution is -2.45. The van der Waals surface area contributed by atoms with Crippen molar-refractivity contribution < 1.29 is 4.79 Å². The Balaban J connectivity index is 1.21. The highest BCUT2D eigenvalue weighted by molar-refractivity contribution is 5.94. The van der Waals surface area contributed by atoms with E-state index in [2.05, 4.69) is 63.5 Å². The highest BCUT2D eigenvalue weighted by Crippen LogP contribution is 2.28. The number of nitrogens with zero attached hydrogens (tertiary/aromatic N) is 3. The number of piperazine rings is 1. The van der Waals surface area contributed by atoms with E-state index in [0.717, 1.165) is 70.8 Å². The number of para-hydroxylation sites is 1. The van der Waals surface area contributed by atoms with Crippen molar-refractivity contribution in [3.8, 4) is 0 Å². The molecule has 5 heteroatoms. The predicted molar refractivity (Wildman–Crippen MR) is 119 cm³/mol. The minimum absolute atomic E-state index is 0.0291. The first-order valence-electron chi connectivity index (χ1n) is 10.8. The summed E-state index contributed by atoms with van der Waals surface area (Å²) in [4.78, 5) is 19.7. The number of carbonyl (C=O) groups is 1. The Kier molecular flexibility index (Phi) is 6.47. The van der Waals surface area contributed by atoms with E-state index in [0.29, 0.717) is 0 Å². The number of fused-ring (bicyclic) bond motifs is 1. The molecule has 154 valence electrons. The zero-order chi connectivity index (χ0) is 20.1. The second-order valence-electron chi connectivity index (χ2n) is 8.25. The Morgan fingerprint density at radius 2 is 1.72 bits per heavy atom. The van der Waals surface area contributed by atoms with Gasteiger partial charge in [0.25, 0.3) is 5.91 Å². The third kappa shape index (κ3) is 5.17. The molecule has 0 saturated carbocycles. The summed E-state index contributed by atoms with van der Waals surface area (Å²) in [6, 6.07) is 16.7. The quantitative estimate of drug-likeness (QED) is 0.736. The zero-order valence-electron chi connectivity index (χ0n) is 17.4. The van der Waals surface area contributed by atoms with Crippen molar-refractivity contribution in [2.24, 2.45) is 0 Å². The largest absolute Gasteiger partial charge is 0.367 e. The molecule has 2 aliphatic heterocycles. The number of hydrogen-bond donors (Lipinski definition) is 1. The molecule has 1 amide bonds. The van der Waals surface area contributed by atoms with Crippen molar-refractivity contribution in [2.75, 3.05) is 57.8 Å². The van der Waals surface area contributed by atoms with Gasteiger partial charge >= 0.3 is 0 Å². The van der Waals surface area contributed by atoms with Gasteiger partial charge in [-0.1, -0.05) is 30.3 Å². The lowest BCUT2D eigenvalue weighted by molar-refractivity contribution is 0.0949. The van der Waals surface area contributed by atoms with Crippen molar-refractivity contribution in [1.29, 1.82) is 0 Å². The molecule has 0 aromatic heterocycles. The number of hydrogen-bond acceptors (Lipinski definition) is 4. The molecule has 0 spiro atoms. The van der Waals surface area contributed by atoms with Crippen LogP contribution in [0.5, 0.6) is 0 Å². The van der Waals surface area contributed by atoms with E-state index in [-0.39, 0.29) is 5.91 Å². The fraction of sp³-hybridized carbons (Fsp3) is 0.458. The van der Waals surface area contributed by atoms with Gasteiger partial charge in [-0.2, -0.15) is 0 Å². The van der Waals surface area contributed by atoms with E-state index in [1.165, 1.54) is 16.8 Å². The molecule has 2 aromatic rings. The Morgan fingerprint density at radius 3 is 2.52 bits per heavy atom. The molecule has 1 saturated heterocycles. The van der Waals surface area contributed by atoms with Crippen LogP contribution >= 0.6 is 0 Å². The number of benzene rings is 2. The standard InChI is InChI=1S/C24H32N4O/c1-26-15-17-27(18-16-26)13-4-12-25-24(29)22-9-7-20(8-10-22)19-28-14-11-21-5-2-3-6-23(21)28/h2-3,5-10H,4,11-19H2,1H3,(H,25,29). The third-order valence-electron chi connectivity index (χ3n) is 6.11. The van der Waals surface area contributed by atoms with E-state index in [4.69, 9.17) is 0 Å². The van der Waals surface area contributed by atoms with Gasteiger partial charge < -0.3 is 20.0 Å². The van der Waals surface area contributed by atoms with Gasteiger partial charge in [0, 0.05) is 57.1 Å². The Morgan fingerprint density at radius 1 is 0.966 bits per heavy atom.